The Hall–Kier alpha value is -0.760. The van der Waals surface area contributed by atoms with Crippen LogP contribution in [0.5, 0.6) is 0 Å². The Balaban J connectivity index is 2.49. The normalized spacial score (nSPS) is 25.3. The summed E-state index contributed by atoms with van der Waals surface area (Å²) in [5, 5.41) is 9.23. The fraction of sp³-hybridized carbons (Fsp3) is 0.556. The van der Waals surface area contributed by atoms with Crippen LogP contribution in [0, 0.1) is 0 Å². The summed E-state index contributed by atoms with van der Waals surface area (Å²) in [6, 6.07) is 0. The highest BCUT2D eigenvalue weighted by Gasteiger charge is 2.07. The Labute approximate surface area is 67.2 Å². The van der Waals surface area contributed by atoms with Crippen LogP contribution in [0.1, 0.15) is 19.3 Å². The minimum absolute atomic E-state index is 0.250. The highest BCUT2D eigenvalue weighted by molar-refractivity contribution is 5.20. The fourth-order valence-electron chi connectivity index (χ4n) is 1.22. The average Bonchev–Trinajstić information content (AvgIpc) is 2.01. The van der Waals surface area contributed by atoms with Crippen molar-refractivity contribution in [2.24, 2.45) is 0 Å². The highest BCUT2D eigenvalue weighted by Crippen LogP contribution is 2.18. The number of ether oxygens (including phenoxy) is 1. The van der Waals surface area contributed by atoms with Gasteiger partial charge in [0.2, 0.25) is 0 Å². The van der Waals surface area contributed by atoms with Gasteiger partial charge in [0.1, 0.15) is 0 Å². The summed E-state index contributed by atoms with van der Waals surface area (Å²) in [6.07, 6.45) is 8.20. The predicted molar refractivity (Wildman–Crippen MR) is 44.1 cm³/mol. The number of allylic oxidation sites excluding steroid dienone is 2. The summed E-state index contributed by atoms with van der Waals surface area (Å²) in [5.74, 6) is 0. The second kappa shape index (κ2) is 4.19. The first kappa shape index (κ1) is 8.34. The summed E-state index contributed by atoms with van der Waals surface area (Å²) in [4.78, 5) is 0. The number of hydrogen-bond donors (Lipinski definition) is 1. The fourth-order valence-corrected chi connectivity index (χ4v) is 1.22. The molecule has 0 aliphatic heterocycles. The first-order valence-electron chi connectivity index (χ1n) is 3.91. The van der Waals surface area contributed by atoms with Crippen molar-refractivity contribution in [1.29, 1.82) is 0 Å². The lowest BCUT2D eigenvalue weighted by Crippen LogP contribution is -2.07. The molecule has 1 aliphatic rings. The molecule has 0 saturated heterocycles. The van der Waals surface area contributed by atoms with Crippen LogP contribution in [0.3, 0.4) is 0 Å². The van der Waals surface area contributed by atoms with Crippen LogP contribution in [0.25, 0.3) is 0 Å². The molecule has 2 heteroatoms. The topological polar surface area (TPSA) is 29.5 Å². The number of aliphatic hydroxyl groups is 1. The maximum absolute atomic E-state index is 9.23. The zero-order valence-electron chi connectivity index (χ0n) is 6.79. The van der Waals surface area contributed by atoms with Crippen LogP contribution < -0.4 is 0 Å². The molecule has 0 bridgehead atoms. The number of aliphatic hydroxyl groups excluding tert-OH is 1. The minimum atomic E-state index is -0.250. The number of rotatable bonds is 2. The average molecular weight is 154 g/mol. The SMILES string of the molecule is CO/C=C/C1=CC(O)CCC1. The lowest BCUT2D eigenvalue weighted by Gasteiger charge is -2.13. The highest BCUT2D eigenvalue weighted by atomic mass is 16.5. The third-order valence-electron chi connectivity index (χ3n) is 1.79. The van der Waals surface area contributed by atoms with Gasteiger partial charge in [-0.2, -0.15) is 0 Å². The van der Waals surface area contributed by atoms with E-state index in [0.717, 1.165) is 19.3 Å². The summed E-state index contributed by atoms with van der Waals surface area (Å²) in [6.45, 7) is 0. The van der Waals surface area contributed by atoms with Crippen LogP contribution in [0.2, 0.25) is 0 Å². The zero-order valence-corrected chi connectivity index (χ0v) is 6.79. The van der Waals surface area contributed by atoms with E-state index in [1.165, 1.54) is 5.57 Å². The van der Waals surface area contributed by atoms with Gasteiger partial charge in [0.25, 0.3) is 0 Å². The Kier molecular flexibility index (Phi) is 3.17. The van der Waals surface area contributed by atoms with Gasteiger partial charge in [-0.3, -0.25) is 0 Å². The summed E-state index contributed by atoms with van der Waals surface area (Å²) in [5.41, 5.74) is 1.17. The smallest absolute Gasteiger partial charge is 0.0827 e. The maximum atomic E-state index is 9.23. The standard InChI is InChI=1S/C9H14O2/c1-11-6-5-8-3-2-4-9(10)7-8/h5-7,9-10H,2-4H2,1H3/b6-5+. The largest absolute Gasteiger partial charge is 0.504 e. The molecule has 0 aromatic heterocycles. The van der Waals surface area contributed by atoms with Gasteiger partial charge in [0.15, 0.2) is 0 Å². The van der Waals surface area contributed by atoms with Crippen LogP contribution in [-0.4, -0.2) is 18.3 Å². The van der Waals surface area contributed by atoms with E-state index in [-0.39, 0.29) is 6.10 Å². The van der Waals surface area contributed by atoms with Crippen molar-refractivity contribution in [3.8, 4) is 0 Å². The Bertz CT molecular complexity index is 170. The molecule has 2 nitrogen and oxygen atoms in total. The van der Waals surface area contributed by atoms with Gasteiger partial charge >= 0.3 is 0 Å². The molecule has 0 aromatic rings. The van der Waals surface area contributed by atoms with Gasteiger partial charge < -0.3 is 9.84 Å². The lowest BCUT2D eigenvalue weighted by molar-refractivity contribution is 0.203. The van der Waals surface area contributed by atoms with Crippen molar-refractivity contribution >= 4 is 0 Å². The van der Waals surface area contributed by atoms with E-state index in [2.05, 4.69) is 0 Å². The van der Waals surface area contributed by atoms with Gasteiger partial charge in [0, 0.05) is 0 Å². The molecule has 1 unspecified atom stereocenters. The Morgan fingerprint density at radius 2 is 2.55 bits per heavy atom. The molecule has 11 heavy (non-hydrogen) atoms. The molecule has 0 spiro atoms. The van der Waals surface area contributed by atoms with E-state index in [1.54, 1.807) is 13.4 Å². The van der Waals surface area contributed by atoms with Gasteiger partial charge in [-0.15, -0.1) is 0 Å². The van der Waals surface area contributed by atoms with Gasteiger partial charge in [0.05, 0.1) is 19.5 Å². The third kappa shape index (κ3) is 2.76. The van der Waals surface area contributed by atoms with Crippen molar-refractivity contribution in [1.82, 2.24) is 0 Å². The third-order valence-corrected chi connectivity index (χ3v) is 1.79. The van der Waals surface area contributed by atoms with E-state index in [0.29, 0.717) is 0 Å². The number of methoxy groups -OCH3 is 1. The van der Waals surface area contributed by atoms with Crippen molar-refractivity contribution in [3.05, 3.63) is 24.0 Å². The first-order valence-corrected chi connectivity index (χ1v) is 3.91. The first-order chi connectivity index (χ1) is 5.33. The monoisotopic (exact) mass is 154 g/mol. The van der Waals surface area contributed by atoms with Crippen molar-refractivity contribution in [2.45, 2.75) is 25.4 Å². The zero-order chi connectivity index (χ0) is 8.10. The molecule has 0 heterocycles. The lowest BCUT2D eigenvalue weighted by atomic mass is 9.98. The molecule has 0 amide bonds. The van der Waals surface area contributed by atoms with E-state index in [9.17, 15) is 5.11 Å². The summed E-state index contributed by atoms with van der Waals surface area (Å²) >= 11 is 0. The summed E-state index contributed by atoms with van der Waals surface area (Å²) in [7, 11) is 1.62. The van der Waals surface area contributed by atoms with Crippen LogP contribution in [0.4, 0.5) is 0 Å². The van der Waals surface area contributed by atoms with Gasteiger partial charge in [-0.1, -0.05) is 6.08 Å². The molecule has 0 saturated carbocycles. The molecule has 1 aliphatic carbocycles. The van der Waals surface area contributed by atoms with Crippen LogP contribution in [0.15, 0.2) is 24.0 Å². The van der Waals surface area contributed by atoms with Crippen LogP contribution >= 0.6 is 0 Å². The Morgan fingerprint density at radius 3 is 3.18 bits per heavy atom. The van der Waals surface area contributed by atoms with Crippen molar-refractivity contribution < 1.29 is 9.84 Å². The molecular formula is C9H14O2. The molecular weight excluding hydrogens is 140 g/mol. The van der Waals surface area contributed by atoms with Crippen molar-refractivity contribution in [3.63, 3.8) is 0 Å². The van der Waals surface area contributed by atoms with Gasteiger partial charge in [-0.05, 0) is 30.9 Å². The molecule has 0 radical (unpaired) electrons. The predicted octanol–water partition coefficient (Wildman–Crippen LogP) is 1.62. The van der Waals surface area contributed by atoms with E-state index in [1.807, 2.05) is 12.2 Å². The van der Waals surface area contributed by atoms with Gasteiger partial charge in [-0.25, -0.2) is 0 Å². The molecule has 1 rings (SSSR count). The van der Waals surface area contributed by atoms with E-state index >= 15 is 0 Å². The van der Waals surface area contributed by atoms with E-state index < -0.39 is 0 Å². The summed E-state index contributed by atoms with van der Waals surface area (Å²) < 4.78 is 4.78. The Morgan fingerprint density at radius 1 is 1.73 bits per heavy atom. The maximum Gasteiger partial charge on any atom is 0.0827 e. The quantitative estimate of drug-likeness (QED) is 0.612. The minimum Gasteiger partial charge on any atom is -0.504 e. The molecule has 1 atom stereocenters. The second-order valence-corrected chi connectivity index (χ2v) is 2.74. The van der Waals surface area contributed by atoms with E-state index in [4.69, 9.17) is 4.74 Å². The van der Waals surface area contributed by atoms with Crippen molar-refractivity contribution in [2.75, 3.05) is 7.11 Å². The second-order valence-electron chi connectivity index (χ2n) is 2.74. The molecule has 1 N–H and O–H groups in total. The molecule has 0 fully saturated rings. The molecule has 0 aromatic carbocycles. The molecule has 62 valence electrons. The number of hydrogen-bond acceptors (Lipinski definition) is 2. The van der Waals surface area contributed by atoms with Crippen LogP contribution in [-0.2, 0) is 4.74 Å².